The summed E-state index contributed by atoms with van der Waals surface area (Å²) >= 11 is 0. The number of fused-ring (bicyclic) bond motifs is 1. The van der Waals surface area contributed by atoms with Gasteiger partial charge in [0.25, 0.3) is 0 Å². The van der Waals surface area contributed by atoms with Crippen LogP contribution in [0.25, 0.3) is 10.9 Å². The van der Waals surface area contributed by atoms with Crippen molar-refractivity contribution < 1.29 is 4.79 Å². The number of benzene rings is 1. The van der Waals surface area contributed by atoms with Gasteiger partial charge in [-0.05, 0) is 24.5 Å². The second-order valence-corrected chi connectivity index (χ2v) is 6.41. The summed E-state index contributed by atoms with van der Waals surface area (Å²) < 4.78 is 0. The number of carbonyl (C=O) groups excluding carboxylic acids is 1. The molecule has 1 aliphatic heterocycles. The Morgan fingerprint density at radius 1 is 1.18 bits per heavy atom. The van der Waals surface area contributed by atoms with E-state index in [1.807, 2.05) is 12.3 Å². The first-order valence-electron chi connectivity index (χ1n) is 8.24. The highest BCUT2D eigenvalue weighted by Gasteiger charge is 2.31. The number of hydrazone groups is 1. The summed E-state index contributed by atoms with van der Waals surface area (Å²) in [5.74, 6) is 0.182. The summed E-state index contributed by atoms with van der Waals surface area (Å²) in [7, 11) is 0. The van der Waals surface area contributed by atoms with Crippen molar-refractivity contribution in [1.82, 2.24) is 9.99 Å². The lowest BCUT2D eigenvalue weighted by Crippen LogP contribution is -2.34. The predicted molar refractivity (Wildman–Crippen MR) is 87.8 cm³/mol. The monoisotopic (exact) mass is 295 g/mol. The first-order chi connectivity index (χ1) is 10.8. The van der Waals surface area contributed by atoms with Gasteiger partial charge < -0.3 is 4.98 Å². The number of amides is 1. The zero-order valence-corrected chi connectivity index (χ0v) is 12.7. The maximum atomic E-state index is 12.3. The van der Waals surface area contributed by atoms with Gasteiger partial charge in [0.15, 0.2) is 0 Å². The Balaban J connectivity index is 1.54. The van der Waals surface area contributed by atoms with Gasteiger partial charge in [0.1, 0.15) is 0 Å². The molecule has 0 spiro atoms. The minimum Gasteiger partial charge on any atom is -0.361 e. The molecule has 0 radical (unpaired) electrons. The second kappa shape index (κ2) is 5.59. The lowest BCUT2D eigenvalue weighted by Gasteiger charge is -2.27. The zero-order chi connectivity index (χ0) is 14.9. The third-order valence-corrected chi connectivity index (χ3v) is 4.85. The fourth-order valence-electron chi connectivity index (χ4n) is 3.71. The Morgan fingerprint density at radius 3 is 2.86 bits per heavy atom. The van der Waals surface area contributed by atoms with E-state index in [1.165, 1.54) is 30.2 Å². The van der Waals surface area contributed by atoms with Crippen LogP contribution in [0.3, 0.4) is 0 Å². The van der Waals surface area contributed by atoms with Crippen LogP contribution >= 0.6 is 0 Å². The number of nitrogens with zero attached hydrogens (tertiary/aromatic N) is 2. The van der Waals surface area contributed by atoms with Crippen LogP contribution in [0.15, 0.2) is 35.6 Å². The van der Waals surface area contributed by atoms with E-state index in [2.05, 4.69) is 28.3 Å². The largest absolute Gasteiger partial charge is 0.361 e. The Labute approximate surface area is 130 Å². The van der Waals surface area contributed by atoms with Crippen molar-refractivity contribution in [2.75, 3.05) is 0 Å². The normalized spacial score (nSPS) is 19.9. The molecule has 0 unspecified atom stereocenters. The molecule has 2 aliphatic rings. The number of aromatic amines is 1. The molecular formula is C18H21N3O. The van der Waals surface area contributed by atoms with Gasteiger partial charge in [-0.2, -0.15) is 5.10 Å². The van der Waals surface area contributed by atoms with Crippen molar-refractivity contribution in [2.24, 2.45) is 5.10 Å². The van der Waals surface area contributed by atoms with Gasteiger partial charge in [0.2, 0.25) is 5.91 Å². The average molecular weight is 295 g/mol. The number of aromatic nitrogens is 1. The van der Waals surface area contributed by atoms with Gasteiger partial charge in [0, 0.05) is 23.5 Å². The Morgan fingerprint density at radius 2 is 2.00 bits per heavy atom. The SMILES string of the molecule is O=C1CC(Cc2c[nH]c3ccccc23)=NN1C1CCCCC1. The number of para-hydroxylation sites is 1. The minimum absolute atomic E-state index is 0.182. The lowest BCUT2D eigenvalue weighted by molar-refractivity contribution is -0.131. The molecule has 1 saturated carbocycles. The molecule has 1 N–H and O–H groups in total. The molecule has 0 atom stereocenters. The van der Waals surface area contributed by atoms with Gasteiger partial charge in [0.05, 0.1) is 18.2 Å². The number of hydrogen-bond acceptors (Lipinski definition) is 2. The first-order valence-corrected chi connectivity index (χ1v) is 8.24. The third kappa shape index (κ3) is 2.43. The Kier molecular flexibility index (Phi) is 3.45. The number of nitrogens with one attached hydrogen (secondary N) is 1. The van der Waals surface area contributed by atoms with Crippen molar-refractivity contribution in [3.63, 3.8) is 0 Å². The van der Waals surface area contributed by atoms with Crippen LogP contribution in [0.5, 0.6) is 0 Å². The van der Waals surface area contributed by atoms with Crippen LogP contribution in [0.2, 0.25) is 0 Å². The molecule has 1 amide bonds. The smallest absolute Gasteiger partial charge is 0.248 e. The van der Waals surface area contributed by atoms with E-state index in [1.54, 1.807) is 5.01 Å². The summed E-state index contributed by atoms with van der Waals surface area (Å²) in [6.45, 7) is 0. The van der Waals surface area contributed by atoms with E-state index in [-0.39, 0.29) is 5.91 Å². The fourth-order valence-corrected chi connectivity index (χ4v) is 3.71. The van der Waals surface area contributed by atoms with Gasteiger partial charge in [-0.25, -0.2) is 5.01 Å². The van der Waals surface area contributed by atoms with Crippen molar-refractivity contribution in [1.29, 1.82) is 0 Å². The topological polar surface area (TPSA) is 48.5 Å². The summed E-state index contributed by atoms with van der Waals surface area (Å²) in [6.07, 6.45) is 9.25. The standard InChI is InChI=1S/C18H21N3O/c22-18-11-14(20-21(18)15-6-2-1-3-7-15)10-13-12-19-17-9-5-4-8-16(13)17/h4-5,8-9,12,15,19H,1-3,6-7,10-11H2. The molecule has 1 aromatic heterocycles. The quantitative estimate of drug-likeness (QED) is 0.923. The minimum atomic E-state index is 0.182. The van der Waals surface area contributed by atoms with Gasteiger partial charge in [-0.1, -0.05) is 37.5 Å². The molecule has 2 aromatic rings. The molecule has 1 aromatic carbocycles. The number of H-pyrrole nitrogens is 1. The van der Waals surface area contributed by atoms with Crippen LogP contribution in [0, 0.1) is 0 Å². The Bertz CT molecular complexity index is 725. The molecule has 2 heterocycles. The molecule has 0 bridgehead atoms. The molecule has 4 rings (SSSR count). The first kappa shape index (κ1) is 13.6. The molecule has 4 nitrogen and oxygen atoms in total. The number of rotatable bonds is 3. The lowest BCUT2D eigenvalue weighted by atomic mass is 9.95. The molecule has 0 saturated heterocycles. The van der Waals surface area contributed by atoms with Crippen LogP contribution in [0.1, 0.15) is 44.1 Å². The zero-order valence-electron chi connectivity index (χ0n) is 12.7. The Hall–Kier alpha value is -2.10. The molecule has 4 heteroatoms. The average Bonchev–Trinajstić information content (AvgIpc) is 3.13. The second-order valence-electron chi connectivity index (χ2n) is 6.41. The third-order valence-electron chi connectivity index (χ3n) is 4.85. The van der Waals surface area contributed by atoms with Crippen molar-refractivity contribution in [3.05, 3.63) is 36.0 Å². The van der Waals surface area contributed by atoms with E-state index in [0.29, 0.717) is 12.5 Å². The summed E-state index contributed by atoms with van der Waals surface area (Å²) in [5, 5.41) is 7.67. The summed E-state index contributed by atoms with van der Waals surface area (Å²) in [5.41, 5.74) is 3.37. The number of carbonyl (C=O) groups is 1. The van der Waals surface area contributed by atoms with Crippen molar-refractivity contribution >= 4 is 22.5 Å². The van der Waals surface area contributed by atoms with Gasteiger partial charge in [-0.15, -0.1) is 0 Å². The van der Waals surface area contributed by atoms with E-state index in [0.717, 1.165) is 30.5 Å². The fraction of sp³-hybridized carbons (Fsp3) is 0.444. The van der Waals surface area contributed by atoms with E-state index < -0.39 is 0 Å². The van der Waals surface area contributed by atoms with E-state index in [9.17, 15) is 4.79 Å². The van der Waals surface area contributed by atoms with Gasteiger partial charge in [-0.3, -0.25) is 4.79 Å². The molecule has 1 aliphatic carbocycles. The molecule has 22 heavy (non-hydrogen) atoms. The van der Waals surface area contributed by atoms with Crippen LogP contribution in [-0.4, -0.2) is 27.7 Å². The molecule has 114 valence electrons. The number of hydrogen-bond donors (Lipinski definition) is 1. The maximum Gasteiger partial charge on any atom is 0.248 e. The van der Waals surface area contributed by atoms with E-state index in [4.69, 9.17) is 0 Å². The highest BCUT2D eigenvalue weighted by atomic mass is 16.2. The van der Waals surface area contributed by atoms with Crippen molar-refractivity contribution in [3.8, 4) is 0 Å². The van der Waals surface area contributed by atoms with Crippen LogP contribution in [0.4, 0.5) is 0 Å². The molecule has 1 fully saturated rings. The maximum absolute atomic E-state index is 12.3. The van der Waals surface area contributed by atoms with Crippen LogP contribution in [-0.2, 0) is 11.2 Å². The van der Waals surface area contributed by atoms with Gasteiger partial charge >= 0.3 is 0 Å². The van der Waals surface area contributed by atoms with E-state index >= 15 is 0 Å². The summed E-state index contributed by atoms with van der Waals surface area (Å²) in [4.78, 5) is 15.6. The van der Waals surface area contributed by atoms with Crippen LogP contribution < -0.4 is 0 Å². The molecular weight excluding hydrogens is 274 g/mol. The summed E-state index contributed by atoms with van der Waals surface area (Å²) in [6, 6.07) is 8.62. The van der Waals surface area contributed by atoms with Crippen molar-refractivity contribution in [2.45, 2.75) is 51.0 Å². The predicted octanol–water partition coefficient (Wildman–Crippen LogP) is 3.63. The highest BCUT2D eigenvalue weighted by Crippen LogP contribution is 2.27. The highest BCUT2D eigenvalue weighted by molar-refractivity contribution is 6.06.